The summed E-state index contributed by atoms with van der Waals surface area (Å²) in [6.07, 6.45) is 2.25. The maximum Gasteiger partial charge on any atom is 0.282 e. The number of fused-ring (bicyclic) bond motifs is 1. The molecular formula is C24H18BrClIN3O2. The predicted molar refractivity (Wildman–Crippen MR) is 141 cm³/mol. The van der Waals surface area contributed by atoms with Crippen LogP contribution in [0.4, 0.5) is 0 Å². The van der Waals surface area contributed by atoms with Gasteiger partial charge in [0.2, 0.25) is 0 Å². The Morgan fingerprint density at radius 2 is 1.94 bits per heavy atom. The number of aryl methyl sites for hydroxylation is 1. The Morgan fingerprint density at radius 3 is 2.66 bits per heavy atom. The van der Waals surface area contributed by atoms with Gasteiger partial charge in [-0.15, -0.1) is 0 Å². The Balaban J connectivity index is 1.57. The van der Waals surface area contributed by atoms with E-state index in [-0.39, 0.29) is 5.56 Å². The Hall–Kier alpha value is -2.23. The van der Waals surface area contributed by atoms with Crippen molar-refractivity contribution in [2.24, 2.45) is 5.10 Å². The van der Waals surface area contributed by atoms with E-state index < -0.39 is 0 Å². The van der Waals surface area contributed by atoms with Crippen LogP contribution < -0.4 is 10.3 Å². The molecule has 0 radical (unpaired) electrons. The van der Waals surface area contributed by atoms with E-state index in [2.05, 4.69) is 48.6 Å². The fraction of sp³-hybridized carbons (Fsp3) is 0.125. The number of halogens is 3. The first-order chi connectivity index (χ1) is 15.4. The van der Waals surface area contributed by atoms with E-state index in [0.29, 0.717) is 34.8 Å². The molecule has 162 valence electrons. The second-order valence-electron chi connectivity index (χ2n) is 7.01. The number of nitrogens with zero attached hydrogens (tertiary/aromatic N) is 3. The largest absolute Gasteiger partial charge is 0.488 e. The van der Waals surface area contributed by atoms with E-state index >= 15 is 0 Å². The number of ether oxygens (including phenoxy) is 1. The molecule has 32 heavy (non-hydrogen) atoms. The Bertz CT molecular complexity index is 1370. The van der Waals surface area contributed by atoms with Crippen molar-refractivity contribution in [1.29, 1.82) is 0 Å². The third-order valence-electron chi connectivity index (χ3n) is 4.78. The highest BCUT2D eigenvalue weighted by Crippen LogP contribution is 2.23. The SMILES string of the molecule is CCc1nc2ccc(Br)cc2c(=O)n1N=Cc1ccc(OCc2ccc(Cl)cc2)c(I)c1. The molecule has 4 rings (SSSR count). The second kappa shape index (κ2) is 10.1. The highest BCUT2D eigenvalue weighted by atomic mass is 127. The Kier molecular flexibility index (Phi) is 7.27. The number of hydrogen-bond acceptors (Lipinski definition) is 4. The lowest BCUT2D eigenvalue weighted by Crippen LogP contribution is -2.22. The van der Waals surface area contributed by atoms with Crippen molar-refractivity contribution in [1.82, 2.24) is 9.66 Å². The summed E-state index contributed by atoms with van der Waals surface area (Å²) in [5.74, 6) is 1.39. The zero-order chi connectivity index (χ0) is 22.7. The van der Waals surface area contributed by atoms with Crippen LogP contribution in [0.5, 0.6) is 5.75 Å². The molecule has 8 heteroatoms. The Morgan fingerprint density at radius 1 is 1.16 bits per heavy atom. The van der Waals surface area contributed by atoms with E-state index in [9.17, 15) is 4.79 Å². The maximum absolute atomic E-state index is 13.0. The molecule has 1 aromatic heterocycles. The normalized spacial score (nSPS) is 11.4. The molecule has 5 nitrogen and oxygen atoms in total. The van der Waals surface area contributed by atoms with E-state index in [1.54, 1.807) is 12.3 Å². The van der Waals surface area contributed by atoms with E-state index in [1.165, 1.54) is 4.68 Å². The molecule has 0 fully saturated rings. The average molecular weight is 623 g/mol. The molecule has 0 saturated carbocycles. The predicted octanol–water partition coefficient (Wildman–Crippen LogP) is 6.44. The highest BCUT2D eigenvalue weighted by molar-refractivity contribution is 14.1. The van der Waals surface area contributed by atoms with Crippen LogP contribution in [0.1, 0.15) is 23.9 Å². The summed E-state index contributed by atoms with van der Waals surface area (Å²) < 4.78 is 9.07. The molecule has 0 unspecified atom stereocenters. The van der Waals surface area contributed by atoms with Crippen molar-refractivity contribution < 1.29 is 4.74 Å². The summed E-state index contributed by atoms with van der Waals surface area (Å²) in [5, 5.41) is 5.67. The lowest BCUT2D eigenvalue weighted by molar-refractivity contribution is 0.304. The van der Waals surface area contributed by atoms with Gasteiger partial charge in [-0.3, -0.25) is 4.79 Å². The monoisotopic (exact) mass is 621 g/mol. The fourth-order valence-corrected chi connectivity index (χ4v) is 4.31. The summed E-state index contributed by atoms with van der Waals surface area (Å²) in [6.45, 7) is 2.41. The van der Waals surface area contributed by atoms with Crippen LogP contribution in [0.25, 0.3) is 10.9 Å². The Labute approximate surface area is 212 Å². The van der Waals surface area contributed by atoms with Gasteiger partial charge in [-0.2, -0.15) is 9.78 Å². The topological polar surface area (TPSA) is 56.5 Å². The van der Waals surface area contributed by atoms with Crippen molar-refractivity contribution in [3.63, 3.8) is 0 Å². The van der Waals surface area contributed by atoms with E-state index in [1.807, 2.05) is 61.5 Å². The summed E-state index contributed by atoms with van der Waals surface area (Å²) in [4.78, 5) is 17.6. The van der Waals surface area contributed by atoms with Gasteiger partial charge in [0.25, 0.3) is 5.56 Å². The minimum Gasteiger partial charge on any atom is -0.488 e. The zero-order valence-corrected chi connectivity index (χ0v) is 21.6. The molecule has 0 aliphatic carbocycles. The molecule has 0 N–H and O–H groups in total. The molecule has 0 bridgehead atoms. The summed E-state index contributed by atoms with van der Waals surface area (Å²) in [7, 11) is 0. The second-order valence-corrected chi connectivity index (χ2v) is 9.52. The van der Waals surface area contributed by atoms with Gasteiger partial charge in [-0.25, -0.2) is 4.98 Å². The van der Waals surface area contributed by atoms with E-state index in [0.717, 1.165) is 24.9 Å². The van der Waals surface area contributed by atoms with Crippen LogP contribution in [-0.4, -0.2) is 15.9 Å². The van der Waals surface area contributed by atoms with Gasteiger partial charge in [0.15, 0.2) is 0 Å². The molecule has 4 aromatic rings. The number of aromatic nitrogens is 2. The van der Waals surface area contributed by atoms with Crippen molar-refractivity contribution >= 4 is 67.2 Å². The van der Waals surface area contributed by atoms with Crippen LogP contribution >= 0.6 is 50.1 Å². The fourth-order valence-electron chi connectivity index (χ4n) is 3.12. The van der Waals surface area contributed by atoms with Gasteiger partial charge in [-0.1, -0.05) is 46.6 Å². The minimum atomic E-state index is -0.193. The first kappa shape index (κ1) is 22.9. The first-order valence-electron chi connectivity index (χ1n) is 9.87. The van der Waals surface area contributed by atoms with Gasteiger partial charge in [0, 0.05) is 15.9 Å². The van der Waals surface area contributed by atoms with Gasteiger partial charge < -0.3 is 4.74 Å². The van der Waals surface area contributed by atoms with Gasteiger partial charge in [0.1, 0.15) is 18.2 Å². The van der Waals surface area contributed by atoms with Crippen LogP contribution in [0.3, 0.4) is 0 Å². The summed E-state index contributed by atoms with van der Waals surface area (Å²) in [5.41, 5.74) is 2.37. The highest BCUT2D eigenvalue weighted by Gasteiger charge is 2.10. The molecular weight excluding hydrogens is 605 g/mol. The van der Waals surface area contributed by atoms with Crippen LogP contribution in [-0.2, 0) is 13.0 Å². The number of hydrogen-bond donors (Lipinski definition) is 0. The van der Waals surface area contributed by atoms with Crippen LogP contribution in [0, 0.1) is 3.57 Å². The van der Waals surface area contributed by atoms with Crippen molar-refractivity contribution in [3.8, 4) is 5.75 Å². The first-order valence-corrected chi connectivity index (χ1v) is 12.1. The quantitative estimate of drug-likeness (QED) is 0.184. The van der Waals surface area contributed by atoms with Gasteiger partial charge in [0.05, 0.1) is 20.7 Å². The third-order valence-corrected chi connectivity index (χ3v) is 6.37. The molecule has 0 aliphatic rings. The molecule has 0 amide bonds. The van der Waals surface area contributed by atoms with Crippen molar-refractivity contribution in [3.05, 3.63) is 101 Å². The molecule has 0 atom stereocenters. The molecule has 0 saturated heterocycles. The standard InChI is InChI=1S/C24H18BrClIN3O2/c1-2-23-29-21-9-6-17(25)12-19(21)24(31)30(23)28-13-16-5-10-22(20(27)11-16)32-14-15-3-7-18(26)8-4-15/h3-13H,2,14H2,1H3. The lowest BCUT2D eigenvalue weighted by atomic mass is 10.2. The van der Waals surface area contributed by atoms with Gasteiger partial charge >= 0.3 is 0 Å². The average Bonchev–Trinajstić information content (AvgIpc) is 2.79. The molecule has 0 spiro atoms. The van der Waals surface area contributed by atoms with Gasteiger partial charge in [-0.05, 0) is 82.2 Å². The molecule has 3 aromatic carbocycles. The minimum absolute atomic E-state index is 0.193. The summed E-state index contributed by atoms with van der Waals surface area (Å²) in [6, 6.07) is 18.8. The molecule has 1 heterocycles. The number of benzene rings is 3. The third kappa shape index (κ3) is 5.22. The lowest BCUT2D eigenvalue weighted by Gasteiger charge is -2.10. The van der Waals surface area contributed by atoms with Crippen LogP contribution in [0.2, 0.25) is 5.02 Å². The van der Waals surface area contributed by atoms with Crippen molar-refractivity contribution in [2.45, 2.75) is 20.0 Å². The maximum atomic E-state index is 13.0. The number of rotatable bonds is 6. The smallest absolute Gasteiger partial charge is 0.282 e. The van der Waals surface area contributed by atoms with Crippen LogP contribution in [0.15, 0.2) is 75.0 Å². The van der Waals surface area contributed by atoms with Crippen molar-refractivity contribution in [2.75, 3.05) is 0 Å². The molecule has 0 aliphatic heterocycles. The summed E-state index contributed by atoms with van der Waals surface area (Å²) >= 11 is 11.6. The zero-order valence-electron chi connectivity index (χ0n) is 17.1. The van der Waals surface area contributed by atoms with E-state index in [4.69, 9.17) is 16.3 Å².